The third kappa shape index (κ3) is 2.70. The van der Waals surface area contributed by atoms with Gasteiger partial charge in [0.25, 0.3) is 0 Å². The Hall–Kier alpha value is -1.42. The number of carbonyl (C=O) groups is 1. The number of hydrogen-bond acceptors (Lipinski definition) is 2. The number of nitrogens with two attached hydrogens (primary N) is 1. The van der Waals surface area contributed by atoms with E-state index in [9.17, 15) is 9.18 Å². The van der Waals surface area contributed by atoms with Gasteiger partial charge in [0.15, 0.2) is 0 Å². The summed E-state index contributed by atoms with van der Waals surface area (Å²) < 4.78 is 13.3. The van der Waals surface area contributed by atoms with Gasteiger partial charge in [-0.05, 0) is 29.2 Å². The second-order valence-corrected chi connectivity index (χ2v) is 4.87. The molecule has 0 radical (unpaired) electrons. The van der Waals surface area contributed by atoms with E-state index in [0.717, 1.165) is 24.1 Å². The van der Waals surface area contributed by atoms with Crippen molar-refractivity contribution in [3.05, 3.63) is 35.1 Å². The summed E-state index contributed by atoms with van der Waals surface area (Å²) in [7, 11) is 0. The van der Waals surface area contributed by atoms with Gasteiger partial charge in [0.05, 0.1) is 0 Å². The molecule has 0 bridgehead atoms. The maximum Gasteiger partial charge on any atom is 0.223 e. The molecule has 0 aromatic heterocycles. The highest BCUT2D eigenvalue weighted by atomic mass is 19.1. The van der Waals surface area contributed by atoms with Crippen LogP contribution >= 0.6 is 0 Å². The van der Waals surface area contributed by atoms with Crippen molar-refractivity contribution in [2.45, 2.75) is 32.9 Å². The molecule has 1 fully saturated rings. The molecule has 1 atom stereocenters. The Morgan fingerprint density at radius 3 is 2.83 bits per heavy atom. The molecule has 1 amide bonds. The molecule has 1 heterocycles. The summed E-state index contributed by atoms with van der Waals surface area (Å²) in [6, 6.07) is 4.59. The first kappa shape index (κ1) is 13.0. The van der Waals surface area contributed by atoms with E-state index in [1.54, 1.807) is 6.07 Å². The first-order valence-corrected chi connectivity index (χ1v) is 6.39. The van der Waals surface area contributed by atoms with Gasteiger partial charge in [-0.3, -0.25) is 4.79 Å². The Balaban J connectivity index is 2.14. The van der Waals surface area contributed by atoms with E-state index >= 15 is 0 Å². The molecule has 1 aromatic carbocycles. The number of nitrogens with zero attached hydrogens (tertiary/aromatic N) is 1. The van der Waals surface area contributed by atoms with Gasteiger partial charge >= 0.3 is 0 Å². The molecule has 1 aliphatic rings. The summed E-state index contributed by atoms with van der Waals surface area (Å²) in [4.78, 5) is 13.6. The highest BCUT2D eigenvalue weighted by molar-refractivity contribution is 5.78. The fourth-order valence-electron chi connectivity index (χ4n) is 2.43. The van der Waals surface area contributed by atoms with Crippen LogP contribution in [0.25, 0.3) is 0 Å². The van der Waals surface area contributed by atoms with Gasteiger partial charge in [0.1, 0.15) is 5.82 Å². The minimum atomic E-state index is -0.277. The van der Waals surface area contributed by atoms with Crippen molar-refractivity contribution >= 4 is 5.91 Å². The van der Waals surface area contributed by atoms with Crippen molar-refractivity contribution in [1.29, 1.82) is 0 Å². The van der Waals surface area contributed by atoms with Crippen LogP contribution in [-0.4, -0.2) is 17.4 Å². The zero-order valence-corrected chi connectivity index (χ0v) is 10.7. The summed E-state index contributed by atoms with van der Waals surface area (Å²) >= 11 is 0. The average molecular weight is 250 g/mol. The number of rotatable bonds is 4. The third-order valence-corrected chi connectivity index (χ3v) is 3.62. The second kappa shape index (κ2) is 5.48. The monoisotopic (exact) mass is 250 g/mol. The van der Waals surface area contributed by atoms with Crippen molar-refractivity contribution in [1.82, 2.24) is 4.90 Å². The number of amides is 1. The average Bonchev–Trinajstić information content (AvgIpc) is 2.71. The van der Waals surface area contributed by atoms with E-state index in [4.69, 9.17) is 5.73 Å². The highest BCUT2D eigenvalue weighted by Gasteiger charge is 2.28. The van der Waals surface area contributed by atoms with Gasteiger partial charge in [-0.25, -0.2) is 4.39 Å². The van der Waals surface area contributed by atoms with Gasteiger partial charge in [-0.15, -0.1) is 0 Å². The molecule has 0 spiro atoms. The van der Waals surface area contributed by atoms with Crippen LogP contribution in [0.5, 0.6) is 0 Å². The Labute approximate surface area is 107 Å². The van der Waals surface area contributed by atoms with Crippen LogP contribution in [0.15, 0.2) is 18.2 Å². The first-order valence-electron chi connectivity index (χ1n) is 6.39. The SMILES string of the molecule is CCC1CC(=O)N(Cc2cc(F)ccc2CN)C1. The maximum absolute atomic E-state index is 13.3. The van der Waals surface area contributed by atoms with Crippen molar-refractivity contribution in [3.8, 4) is 0 Å². The standard InChI is InChI=1S/C14H19FN2O/c1-2-10-5-14(18)17(8-10)9-12-6-13(15)4-3-11(12)7-16/h3-4,6,10H,2,5,7-9,16H2,1H3. The van der Waals surface area contributed by atoms with Crippen LogP contribution in [0.1, 0.15) is 30.9 Å². The topological polar surface area (TPSA) is 46.3 Å². The maximum atomic E-state index is 13.3. The molecule has 98 valence electrons. The van der Waals surface area contributed by atoms with E-state index in [2.05, 4.69) is 6.92 Å². The molecular weight excluding hydrogens is 231 g/mol. The molecule has 4 heteroatoms. The molecule has 1 aromatic rings. The number of benzene rings is 1. The largest absolute Gasteiger partial charge is 0.338 e. The molecule has 1 unspecified atom stereocenters. The number of hydrogen-bond donors (Lipinski definition) is 1. The molecule has 1 aliphatic heterocycles. The van der Waals surface area contributed by atoms with Crippen LogP contribution in [0.2, 0.25) is 0 Å². The summed E-state index contributed by atoms with van der Waals surface area (Å²) in [6.07, 6.45) is 1.62. The highest BCUT2D eigenvalue weighted by Crippen LogP contribution is 2.23. The lowest BCUT2D eigenvalue weighted by Crippen LogP contribution is -2.25. The number of halogens is 1. The molecule has 1 saturated heterocycles. The van der Waals surface area contributed by atoms with Gasteiger partial charge in [0, 0.05) is 26.1 Å². The summed E-state index contributed by atoms with van der Waals surface area (Å²) in [5, 5.41) is 0. The fraction of sp³-hybridized carbons (Fsp3) is 0.500. The lowest BCUT2D eigenvalue weighted by molar-refractivity contribution is -0.128. The Kier molecular flexibility index (Phi) is 3.97. The molecular formula is C14H19FN2O. The Morgan fingerprint density at radius 1 is 1.44 bits per heavy atom. The van der Waals surface area contributed by atoms with E-state index in [1.165, 1.54) is 12.1 Å². The van der Waals surface area contributed by atoms with E-state index in [1.807, 2.05) is 4.90 Å². The van der Waals surface area contributed by atoms with Crippen LogP contribution in [-0.2, 0) is 17.9 Å². The predicted molar refractivity (Wildman–Crippen MR) is 68.1 cm³/mol. The first-order chi connectivity index (χ1) is 8.63. The smallest absolute Gasteiger partial charge is 0.223 e. The van der Waals surface area contributed by atoms with Crippen molar-refractivity contribution in [3.63, 3.8) is 0 Å². The van der Waals surface area contributed by atoms with Crippen molar-refractivity contribution in [2.24, 2.45) is 11.7 Å². The van der Waals surface area contributed by atoms with E-state index < -0.39 is 0 Å². The molecule has 2 N–H and O–H groups in total. The lowest BCUT2D eigenvalue weighted by atomic mass is 10.1. The summed E-state index contributed by atoms with van der Waals surface area (Å²) in [5.74, 6) is 0.322. The normalized spacial score (nSPS) is 19.6. The molecule has 2 rings (SSSR count). The van der Waals surface area contributed by atoms with E-state index in [0.29, 0.717) is 25.4 Å². The number of likely N-dealkylation sites (tertiary alicyclic amines) is 1. The Bertz CT molecular complexity index is 447. The molecule has 3 nitrogen and oxygen atoms in total. The summed E-state index contributed by atoms with van der Waals surface area (Å²) in [6.45, 7) is 3.71. The summed E-state index contributed by atoms with van der Waals surface area (Å²) in [5.41, 5.74) is 7.37. The van der Waals surface area contributed by atoms with Gasteiger partial charge in [-0.1, -0.05) is 19.4 Å². The van der Waals surface area contributed by atoms with Gasteiger partial charge < -0.3 is 10.6 Å². The molecule has 18 heavy (non-hydrogen) atoms. The van der Waals surface area contributed by atoms with Crippen LogP contribution in [0.4, 0.5) is 4.39 Å². The third-order valence-electron chi connectivity index (χ3n) is 3.62. The quantitative estimate of drug-likeness (QED) is 0.889. The zero-order chi connectivity index (χ0) is 13.1. The lowest BCUT2D eigenvalue weighted by Gasteiger charge is -2.18. The van der Waals surface area contributed by atoms with Crippen LogP contribution < -0.4 is 5.73 Å². The fourth-order valence-corrected chi connectivity index (χ4v) is 2.43. The van der Waals surface area contributed by atoms with Gasteiger partial charge in [0.2, 0.25) is 5.91 Å². The molecule has 0 aliphatic carbocycles. The predicted octanol–water partition coefficient (Wildman–Crippen LogP) is 2.04. The minimum absolute atomic E-state index is 0.161. The minimum Gasteiger partial charge on any atom is -0.338 e. The Morgan fingerprint density at radius 2 is 2.22 bits per heavy atom. The van der Waals surface area contributed by atoms with Crippen molar-refractivity contribution in [2.75, 3.05) is 6.54 Å². The zero-order valence-electron chi connectivity index (χ0n) is 10.7. The number of carbonyl (C=O) groups excluding carboxylic acids is 1. The van der Waals surface area contributed by atoms with Gasteiger partial charge in [-0.2, -0.15) is 0 Å². The van der Waals surface area contributed by atoms with E-state index in [-0.39, 0.29) is 11.7 Å². The second-order valence-electron chi connectivity index (χ2n) is 4.87. The molecule has 0 saturated carbocycles. The van der Waals surface area contributed by atoms with Crippen LogP contribution in [0.3, 0.4) is 0 Å². The van der Waals surface area contributed by atoms with Crippen molar-refractivity contribution < 1.29 is 9.18 Å². The van der Waals surface area contributed by atoms with Crippen LogP contribution in [0, 0.1) is 11.7 Å².